The van der Waals surface area contributed by atoms with E-state index in [-0.39, 0.29) is 0 Å². The first-order valence-corrected chi connectivity index (χ1v) is 17.6. The summed E-state index contributed by atoms with van der Waals surface area (Å²) in [6.07, 6.45) is 0. The number of hydrogen-bond acceptors (Lipinski definition) is 3. The van der Waals surface area contributed by atoms with Crippen LogP contribution in [0.25, 0.3) is 94.6 Å². The second-order valence-electron chi connectivity index (χ2n) is 13.5. The van der Waals surface area contributed by atoms with E-state index in [2.05, 4.69) is 150 Å². The molecule has 5 heterocycles. The van der Waals surface area contributed by atoms with Crippen LogP contribution in [0.2, 0.25) is 0 Å². The molecule has 12 rings (SSSR count). The smallest absolute Gasteiger partial charge is 0.220 e. The first-order valence-electron chi connectivity index (χ1n) is 17.6. The second kappa shape index (κ2) is 10.2. The largest absolute Gasteiger partial charge is 0.309 e. The van der Waals surface area contributed by atoms with Crippen LogP contribution in [0.4, 0.5) is 0 Å². The lowest BCUT2D eigenvalue weighted by Gasteiger charge is -2.13. The fourth-order valence-corrected chi connectivity index (χ4v) is 8.50. The molecule has 0 aliphatic carbocycles. The van der Waals surface area contributed by atoms with Crippen molar-refractivity contribution in [2.75, 3.05) is 0 Å². The topological polar surface area (TPSA) is 73.2 Å². The van der Waals surface area contributed by atoms with Gasteiger partial charge in [0.1, 0.15) is 0 Å². The molecule has 0 radical (unpaired) electrons. The molecule has 0 fully saturated rings. The number of para-hydroxylation sites is 9. The molecule has 5 aromatic heterocycles. The molecule has 0 aliphatic heterocycles. The molecule has 246 valence electrons. The van der Waals surface area contributed by atoms with Crippen molar-refractivity contribution < 1.29 is 0 Å². The van der Waals surface area contributed by atoms with Crippen molar-refractivity contribution in [3.63, 3.8) is 0 Å². The summed E-state index contributed by atoms with van der Waals surface area (Å²) >= 11 is 0. The van der Waals surface area contributed by atoms with E-state index in [9.17, 15) is 5.26 Å². The van der Waals surface area contributed by atoms with Gasteiger partial charge >= 0.3 is 0 Å². The fraction of sp³-hybridized carbons (Fsp3) is 0. The number of hydrogen-bond donors (Lipinski definition) is 0. The molecule has 0 aliphatic rings. The van der Waals surface area contributed by atoms with Gasteiger partial charge in [-0.25, -0.2) is 9.97 Å². The van der Waals surface area contributed by atoms with Gasteiger partial charge in [-0.3, -0.25) is 17.9 Å². The highest BCUT2D eigenvalue weighted by atomic mass is 15.2. The minimum Gasteiger partial charge on any atom is -0.309 e. The Morgan fingerprint density at radius 3 is 1.45 bits per heavy atom. The molecule has 0 atom stereocenters. The molecule has 0 amide bonds. The van der Waals surface area contributed by atoms with E-state index in [4.69, 9.17) is 9.97 Å². The number of nitrogens with zero attached hydrogens (tertiary/aromatic N) is 8. The normalized spacial score (nSPS) is 12.1. The van der Waals surface area contributed by atoms with Crippen LogP contribution in [-0.4, -0.2) is 32.5 Å². The predicted molar refractivity (Wildman–Crippen MR) is 212 cm³/mol. The van der Waals surface area contributed by atoms with Crippen LogP contribution in [0.15, 0.2) is 158 Å². The van der Waals surface area contributed by atoms with E-state index < -0.39 is 0 Å². The molecule has 0 spiro atoms. The molecule has 8 nitrogen and oxygen atoms in total. The third-order valence-electron chi connectivity index (χ3n) is 10.7. The van der Waals surface area contributed by atoms with E-state index in [1.807, 2.05) is 36.4 Å². The van der Waals surface area contributed by atoms with Gasteiger partial charge in [-0.2, -0.15) is 5.26 Å². The summed E-state index contributed by atoms with van der Waals surface area (Å²) in [4.78, 5) is 10.2. The number of rotatable bonds is 3. The maximum absolute atomic E-state index is 10.5. The van der Waals surface area contributed by atoms with Gasteiger partial charge < -0.3 is 4.57 Å². The van der Waals surface area contributed by atoms with Gasteiger partial charge in [-0.15, -0.1) is 0 Å². The highest BCUT2D eigenvalue weighted by molar-refractivity contribution is 6.10. The van der Waals surface area contributed by atoms with E-state index in [1.165, 1.54) is 0 Å². The van der Waals surface area contributed by atoms with Gasteiger partial charge in [-0.1, -0.05) is 72.8 Å². The van der Waals surface area contributed by atoms with Gasteiger partial charge in [0.05, 0.1) is 78.2 Å². The molecular formula is C45H26N8. The molecule has 0 saturated carbocycles. The number of nitriles is 1. The van der Waals surface area contributed by atoms with E-state index >= 15 is 0 Å². The first-order chi connectivity index (χ1) is 26.2. The van der Waals surface area contributed by atoms with Crippen LogP contribution in [0.5, 0.6) is 0 Å². The average molecular weight is 679 g/mol. The third kappa shape index (κ3) is 3.72. The number of aromatic nitrogens is 7. The standard InChI is InChI=1S/C45H26N8/c46-27-28-23-30(25-31(24-28)51-40-18-8-10-20-42(40)53-38-16-6-3-13-35(38)48-45(51)53)49-36-14-4-1-11-32(36)33-22-21-29(26-43(33)49)50-39-17-7-9-19-41(39)52-37-15-5-2-12-34(37)47-44(50)52/h1-26H. The Morgan fingerprint density at radius 2 is 0.849 bits per heavy atom. The predicted octanol–water partition coefficient (Wildman–Crippen LogP) is 10.1. The van der Waals surface area contributed by atoms with Gasteiger partial charge in [0.25, 0.3) is 0 Å². The number of fused-ring (bicyclic) bond motifs is 13. The molecular weight excluding hydrogens is 653 g/mol. The van der Waals surface area contributed by atoms with Crippen LogP contribution in [-0.2, 0) is 0 Å². The second-order valence-corrected chi connectivity index (χ2v) is 13.5. The van der Waals surface area contributed by atoms with Crippen molar-refractivity contribution in [2.45, 2.75) is 0 Å². The summed E-state index contributed by atoms with van der Waals surface area (Å²) in [7, 11) is 0. The van der Waals surface area contributed by atoms with Gasteiger partial charge in [0.2, 0.25) is 11.6 Å². The zero-order valence-corrected chi connectivity index (χ0v) is 28.1. The van der Waals surface area contributed by atoms with Crippen molar-refractivity contribution in [3.8, 4) is 23.1 Å². The zero-order chi connectivity index (χ0) is 34.8. The van der Waals surface area contributed by atoms with Crippen LogP contribution in [0, 0.1) is 11.3 Å². The summed E-state index contributed by atoms with van der Waals surface area (Å²) in [6.45, 7) is 0. The van der Waals surface area contributed by atoms with Crippen molar-refractivity contribution >= 4 is 77.5 Å². The third-order valence-corrected chi connectivity index (χ3v) is 10.7. The minimum atomic E-state index is 0.564. The molecule has 12 aromatic rings. The summed E-state index contributed by atoms with van der Waals surface area (Å²) in [5.41, 5.74) is 13.7. The van der Waals surface area contributed by atoms with Crippen molar-refractivity contribution in [3.05, 3.63) is 163 Å². The lowest BCUT2D eigenvalue weighted by atomic mass is 10.1. The fourth-order valence-electron chi connectivity index (χ4n) is 8.50. The molecule has 8 heteroatoms. The Balaban J connectivity index is 1.16. The van der Waals surface area contributed by atoms with E-state index in [0.717, 1.165) is 94.6 Å². The average Bonchev–Trinajstić information content (AvgIpc) is 4.00. The van der Waals surface area contributed by atoms with Crippen molar-refractivity contribution in [2.24, 2.45) is 0 Å². The van der Waals surface area contributed by atoms with E-state index in [0.29, 0.717) is 5.56 Å². The molecule has 0 unspecified atom stereocenters. The molecule has 0 bridgehead atoms. The summed E-state index contributed by atoms with van der Waals surface area (Å²) in [5.74, 6) is 1.66. The van der Waals surface area contributed by atoms with Crippen LogP contribution in [0.3, 0.4) is 0 Å². The number of imidazole rings is 4. The molecule has 0 saturated heterocycles. The van der Waals surface area contributed by atoms with Crippen LogP contribution < -0.4 is 0 Å². The summed E-state index contributed by atoms with van der Waals surface area (Å²) in [5, 5.41) is 12.7. The zero-order valence-electron chi connectivity index (χ0n) is 28.1. The quantitative estimate of drug-likeness (QED) is 0.187. The Labute approximate surface area is 300 Å². The monoisotopic (exact) mass is 678 g/mol. The summed E-state index contributed by atoms with van der Waals surface area (Å²) in [6, 6.07) is 57.0. The van der Waals surface area contributed by atoms with Crippen LogP contribution >= 0.6 is 0 Å². The SMILES string of the molecule is N#Cc1cc(-n2c3ccccc3c3ccc(-n4c5ccccc5n5c6ccccc6nc45)cc32)cc(-n2c3ccccc3n3c4ccccc4nc23)c1. The first kappa shape index (κ1) is 28.1. The van der Waals surface area contributed by atoms with Gasteiger partial charge in [0, 0.05) is 16.5 Å². The lowest BCUT2D eigenvalue weighted by molar-refractivity contribution is 1.09. The Morgan fingerprint density at radius 1 is 0.377 bits per heavy atom. The Hall–Kier alpha value is -7.63. The molecule has 0 N–H and O–H groups in total. The minimum absolute atomic E-state index is 0.564. The molecule has 53 heavy (non-hydrogen) atoms. The Bertz CT molecular complexity index is 3540. The highest BCUT2D eigenvalue weighted by Gasteiger charge is 2.21. The maximum atomic E-state index is 10.5. The van der Waals surface area contributed by atoms with Crippen molar-refractivity contribution in [1.29, 1.82) is 5.26 Å². The highest BCUT2D eigenvalue weighted by Crippen LogP contribution is 2.37. The van der Waals surface area contributed by atoms with Gasteiger partial charge in [0.15, 0.2) is 0 Å². The molecule has 7 aromatic carbocycles. The maximum Gasteiger partial charge on any atom is 0.220 e. The van der Waals surface area contributed by atoms with Gasteiger partial charge in [-0.05, 0) is 84.9 Å². The Kier molecular flexibility index (Phi) is 5.42. The van der Waals surface area contributed by atoms with Crippen LogP contribution in [0.1, 0.15) is 5.56 Å². The van der Waals surface area contributed by atoms with E-state index in [1.54, 1.807) is 0 Å². The summed E-state index contributed by atoms with van der Waals surface area (Å²) < 4.78 is 11.2. The van der Waals surface area contributed by atoms with Crippen molar-refractivity contribution in [1.82, 2.24) is 32.5 Å². The number of benzene rings is 7. The lowest BCUT2D eigenvalue weighted by Crippen LogP contribution is -2.01.